The summed E-state index contributed by atoms with van der Waals surface area (Å²) in [7, 11) is 0. The average molecular weight is 356 g/mol. The van der Waals surface area contributed by atoms with Crippen LogP contribution < -0.4 is 11.1 Å². The highest BCUT2D eigenvalue weighted by Gasteiger charge is 2.20. The van der Waals surface area contributed by atoms with E-state index >= 15 is 0 Å². The summed E-state index contributed by atoms with van der Waals surface area (Å²) in [6, 6.07) is 9.95. The summed E-state index contributed by atoms with van der Waals surface area (Å²) in [5.41, 5.74) is 9.75. The Hall–Kier alpha value is -3.99. The molecule has 4 aromatic rings. The van der Waals surface area contributed by atoms with Gasteiger partial charge >= 0.3 is 0 Å². The van der Waals surface area contributed by atoms with Crippen LogP contribution in [0.25, 0.3) is 16.9 Å². The summed E-state index contributed by atoms with van der Waals surface area (Å²) in [6.45, 7) is 1.99. The van der Waals surface area contributed by atoms with E-state index in [1.54, 1.807) is 18.6 Å². The number of nitrogens with zero attached hydrogens (tertiary/aromatic N) is 6. The molecule has 132 valence electrons. The predicted octanol–water partition coefficient (Wildman–Crippen LogP) is 2.81. The molecule has 0 spiro atoms. The lowest BCUT2D eigenvalue weighted by Gasteiger charge is -2.16. The maximum Gasteiger partial charge on any atom is 0.150 e. The SMILES string of the molecule is CC(Nc1ncnc(N)c1C#N)c1cc2ccccn2c1-c1cnccn1. The van der Waals surface area contributed by atoms with Crippen molar-refractivity contribution >= 4 is 17.2 Å². The molecule has 0 bridgehead atoms. The van der Waals surface area contributed by atoms with Gasteiger partial charge in [-0.15, -0.1) is 0 Å². The predicted molar refractivity (Wildman–Crippen MR) is 102 cm³/mol. The Balaban J connectivity index is 1.82. The number of nitrogens with one attached hydrogen (secondary N) is 1. The van der Waals surface area contributed by atoms with E-state index in [-0.39, 0.29) is 17.4 Å². The third-order valence-corrected chi connectivity index (χ3v) is 4.32. The van der Waals surface area contributed by atoms with Crippen molar-refractivity contribution in [1.82, 2.24) is 24.3 Å². The molecule has 3 N–H and O–H groups in total. The quantitative estimate of drug-likeness (QED) is 0.577. The lowest BCUT2D eigenvalue weighted by Crippen LogP contribution is -2.11. The highest BCUT2D eigenvalue weighted by atomic mass is 15.1. The fourth-order valence-corrected chi connectivity index (χ4v) is 3.07. The van der Waals surface area contributed by atoms with Crippen molar-refractivity contribution < 1.29 is 0 Å². The van der Waals surface area contributed by atoms with Crippen molar-refractivity contribution in [1.29, 1.82) is 5.26 Å². The third kappa shape index (κ3) is 2.91. The minimum atomic E-state index is -0.164. The van der Waals surface area contributed by atoms with E-state index in [1.165, 1.54) is 6.33 Å². The molecular weight excluding hydrogens is 340 g/mol. The van der Waals surface area contributed by atoms with E-state index < -0.39 is 0 Å². The van der Waals surface area contributed by atoms with Crippen LogP contribution in [0.15, 0.2) is 55.4 Å². The van der Waals surface area contributed by atoms with Crippen LogP contribution >= 0.6 is 0 Å². The fraction of sp³-hybridized carbons (Fsp3) is 0.105. The van der Waals surface area contributed by atoms with Gasteiger partial charge in [-0.05, 0) is 25.1 Å². The summed E-state index contributed by atoms with van der Waals surface area (Å²) in [5.74, 6) is 0.552. The molecule has 4 heterocycles. The van der Waals surface area contributed by atoms with Gasteiger partial charge in [-0.25, -0.2) is 9.97 Å². The van der Waals surface area contributed by atoms with Crippen molar-refractivity contribution in [3.8, 4) is 17.5 Å². The molecule has 1 unspecified atom stereocenters. The number of rotatable bonds is 4. The Morgan fingerprint density at radius 3 is 2.89 bits per heavy atom. The van der Waals surface area contributed by atoms with Gasteiger partial charge in [-0.2, -0.15) is 5.26 Å². The van der Waals surface area contributed by atoms with E-state index in [9.17, 15) is 5.26 Å². The smallest absolute Gasteiger partial charge is 0.150 e. The Bertz CT molecular complexity index is 1140. The molecule has 0 saturated carbocycles. The summed E-state index contributed by atoms with van der Waals surface area (Å²) >= 11 is 0. The molecule has 0 saturated heterocycles. The van der Waals surface area contributed by atoms with Crippen LogP contribution in [-0.4, -0.2) is 24.3 Å². The minimum Gasteiger partial charge on any atom is -0.382 e. The second-order valence-electron chi connectivity index (χ2n) is 5.99. The summed E-state index contributed by atoms with van der Waals surface area (Å²) < 4.78 is 2.07. The van der Waals surface area contributed by atoms with Crippen LogP contribution in [0, 0.1) is 11.3 Å². The molecule has 4 aromatic heterocycles. The van der Waals surface area contributed by atoms with Gasteiger partial charge in [-0.1, -0.05) is 6.07 Å². The molecular formula is C19H16N8. The van der Waals surface area contributed by atoms with Crippen LogP contribution in [0.5, 0.6) is 0 Å². The molecule has 0 aliphatic heterocycles. The number of aromatic nitrogens is 5. The molecule has 0 aliphatic rings. The number of anilines is 2. The van der Waals surface area contributed by atoms with Crippen molar-refractivity contribution in [2.24, 2.45) is 0 Å². The first kappa shape index (κ1) is 16.5. The summed E-state index contributed by atoms with van der Waals surface area (Å²) in [5, 5.41) is 12.6. The Morgan fingerprint density at radius 1 is 1.22 bits per heavy atom. The number of fused-ring (bicyclic) bond motifs is 1. The first-order chi connectivity index (χ1) is 13.2. The first-order valence-electron chi connectivity index (χ1n) is 8.32. The standard InChI is InChI=1S/C19H16N8/c1-12(26-19-15(9-20)18(21)24-11-25-19)14-8-13-4-2-3-7-27(13)17(14)16-10-22-5-6-23-16/h2-8,10-12H,1H3,(H3,21,24,25,26). The number of nitriles is 1. The van der Waals surface area contributed by atoms with Crippen molar-refractivity contribution in [3.63, 3.8) is 0 Å². The van der Waals surface area contributed by atoms with E-state index in [0.29, 0.717) is 5.82 Å². The van der Waals surface area contributed by atoms with E-state index in [0.717, 1.165) is 22.5 Å². The summed E-state index contributed by atoms with van der Waals surface area (Å²) in [4.78, 5) is 16.7. The van der Waals surface area contributed by atoms with Gasteiger partial charge in [-0.3, -0.25) is 9.97 Å². The summed E-state index contributed by atoms with van der Waals surface area (Å²) in [6.07, 6.45) is 8.36. The van der Waals surface area contributed by atoms with Gasteiger partial charge in [0.25, 0.3) is 0 Å². The van der Waals surface area contributed by atoms with Crippen molar-refractivity contribution in [2.75, 3.05) is 11.1 Å². The van der Waals surface area contributed by atoms with Gasteiger partial charge in [0.2, 0.25) is 0 Å². The topological polar surface area (TPSA) is 118 Å². The maximum atomic E-state index is 9.36. The monoisotopic (exact) mass is 356 g/mol. The zero-order chi connectivity index (χ0) is 18.8. The second kappa shape index (κ2) is 6.72. The molecule has 4 rings (SSSR count). The van der Waals surface area contributed by atoms with E-state index in [1.807, 2.05) is 31.3 Å². The van der Waals surface area contributed by atoms with Crippen LogP contribution in [0.1, 0.15) is 24.1 Å². The largest absolute Gasteiger partial charge is 0.382 e. The van der Waals surface area contributed by atoms with Crippen LogP contribution in [0.3, 0.4) is 0 Å². The Labute approximate surface area is 155 Å². The van der Waals surface area contributed by atoms with Gasteiger partial charge in [0.05, 0.1) is 17.9 Å². The van der Waals surface area contributed by atoms with Gasteiger partial charge < -0.3 is 15.5 Å². The van der Waals surface area contributed by atoms with E-state index in [4.69, 9.17) is 5.73 Å². The number of hydrogen-bond donors (Lipinski definition) is 2. The molecule has 0 aromatic carbocycles. The zero-order valence-corrected chi connectivity index (χ0v) is 14.5. The molecule has 8 heteroatoms. The zero-order valence-electron chi connectivity index (χ0n) is 14.5. The molecule has 27 heavy (non-hydrogen) atoms. The first-order valence-corrected chi connectivity index (χ1v) is 8.32. The third-order valence-electron chi connectivity index (χ3n) is 4.32. The van der Waals surface area contributed by atoms with Crippen LogP contribution in [0.4, 0.5) is 11.6 Å². The van der Waals surface area contributed by atoms with Crippen LogP contribution in [-0.2, 0) is 0 Å². The maximum absolute atomic E-state index is 9.36. The second-order valence-corrected chi connectivity index (χ2v) is 5.99. The molecule has 0 amide bonds. The molecule has 8 nitrogen and oxygen atoms in total. The normalized spacial score (nSPS) is 11.9. The van der Waals surface area contributed by atoms with Crippen LogP contribution in [0.2, 0.25) is 0 Å². The minimum absolute atomic E-state index is 0.151. The van der Waals surface area contributed by atoms with E-state index in [2.05, 4.69) is 41.8 Å². The Kier molecular flexibility index (Phi) is 4.10. The van der Waals surface area contributed by atoms with Crippen molar-refractivity contribution in [2.45, 2.75) is 13.0 Å². The molecule has 0 radical (unpaired) electrons. The highest BCUT2D eigenvalue weighted by molar-refractivity contribution is 5.71. The number of hydrogen-bond acceptors (Lipinski definition) is 7. The van der Waals surface area contributed by atoms with Gasteiger partial charge in [0, 0.05) is 29.7 Å². The van der Waals surface area contributed by atoms with Crippen molar-refractivity contribution in [3.05, 3.63) is 66.5 Å². The molecule has 1 atom stereocenters. The fourth-order valence-electron chi connectivity index (χ4n) is 3.07. The lowest BCUT2D eigenvalue weighted by molar-refractivity contribution is 0.871. The molecule has 0 aliphatic carbocycles. The number of nitrogens with two attached hydrogens (primary N) is 1. The highest BCUT2D eigenvalue weighted by Crippen LogP contribution is 2.32. The number of nitrogen functional groups attached to an aromatic ring is 1. The molecule has 0 fully saturated rings. The average Bonchev–Trinajstić information content (AvgIpc) is 3.08. The van der Waals surface area contributed by atoms with Gasteiger partial charge in [0.1, 0.15) is 35.3 Å². The van der Waals surface area contributed by atoms with Gasteiger partial charge in [0.15, 0.2) is 0 Å². The lowest BCUT2D eigenvalue weighted by atomic mass is 10.1. The Morgan fingerprint density at radius 2 is 2.11 bits per heavy atom. The number of pyridine rings is 1.